The zero-order chi connectivity index (χ0) is 17.6. The van der Waals surface area contributed by atoms with Crippen LogP contribution in [0.15, 0.2) is 73.1 Å². The van der Waals surface area contributed by atoms with Gasteiger partial charge in [0.05, 0.1) is 11.9 Å². The van der Waals surface area contributed by atoms with Crippen LogP contribution in [0.1, 0.15) is 12.8 Å². The van der Waals surface area contributed by atoms with Crippen LogP contribution in [0.2, 0.25) is 0 Å². The van der Waals surface area contributed by atoms with Crippen LogP contribution >= 0.6 is 0 Å². The van der Waals surface area contributed by atoms with Crippen LogP contribution in [0.25, 0.3) is 11.1 Å². The molecule has 1 saturated heterocycles. The summed E-state index contributed by atoms with van der Waals surface area (Å²) < 4.78 is 6.08. The Morgan fingerprint density at radius 1 is 0.846 bits per heavy atom. The number of ether oxygens (including phenoxy) is 1. The largest absolute Gasteiger partial charge is 0.490 e. The number of anilines is 2. The van der Waals surface area contributed by atoms with Crippen molar-refractivity contribution in [1.82, 2.24) is 10.3 Å². The van der Waals surface area contributed by atoms with Gasteiger partial charge in [-0.05, 0) is 61.8 Å². The molecular weight excluding hydrogens is 322 g/mol. The van der Waals surface area contributed by atoms with Gasteiger partial charge in [0.2, 0.25) is 0 Å². The van der Waals surface area contributed by atoms with Gasteiger partial charge in [-0.25, -0.2) is 0 Å². The van der Waals surface area contributed by atoms with E-state index in [9.17, 15) is 0 Å². The monoisotopic (exact) mass is 345 g/mol. The van der Waals surface area contributed by atoms with Crippen molar-refractivity contribution < 1.29 is 4.74 Å². The summed E-state index contributed by atoms with van der Waals surface area (Å²) in [5.41, 5.74) is 4.24. The first-order valence-corrected chi connectivity index (χ1v) is 9.12. The standard InChI is InChI=1S/C22H23N3O/c1-2-4-19(5-3-1)25-20-14-18(15-24-16-20)17-6-8-21(9-7-17)26-22-10-12-23-13-11-22/h1-9,14-16,22-23,25H,10-13H2. The molecule has 0 unspecified atom stereocenters. The molecule has 0 atom stereocenters. The summed E-state index contributed by atoms with van der Waals surface area (Å²) in [4.78, 5) is 4.37. The van der Waals surface area contributed by atoms with Gasteiger partial charge in [0, 0.05) is 17.4 Å². The first kappa shape index (κ1) is 16.6. The molecule has 0 aliphatic carbocycles. The smallest absolute Gasteiger partial charge is 0.119 e. The van der Waals surface area contributed by atoms with Crippen LogP contribution < -0.4 is 15.4 Å². The lowest BCUT2D eigenvalue weighted by molar-refractivity contribution is 0.162. The van der Waals surface area contributed by atoms with Crippen molar-refractivity contribution in [3.63, 3.8) is 0 Å². The maximum absolute atomic E-state index is 6.08. The van der Waals surface area contributed by atoms with Crippen LogP contribution in [0, 0.1) is 0 Å². The molecule has 0 saturated carbocycles. The maximum Gasteiger partial charge on any atom is 0.119 e. The maximum atomic E-state index is 6.08. The molecule has 4 heteroatoms. The first-order valence-electron chi connectivity index (χ1n) is 9.12. The van der Waals surface area contributed by atoms with Crippen molar-refractivity contribution in [2.45, 2.75) is 18.9 Å². The Morgan fingerprint density at radius 3 is 2.38 bits per heavy atom. The van der Waals surface area contributed by atoms with Gasteiger partial charge in [0.15, 0.2) is 0 Å². The normalized spacial score (nSPS) is 14.8. The Hall–Kier alpha value is -2.85. The fourth-order valence-electron chi connectivity index (χ4n) is 3.19. The van der Waals surface area contributed by atoms with Crippen molar-refractivity contribution >= 4 is 11.4 Å². The zero-order valence-corrected chi connectivity index (χ0v) is 14.7. The molecular formula is C22H23N3O. The van der Waals surface area contributed by atoms with Gasteiger partial charge in [0.25, 0.3) is 0 Å². The topological polar surface area (TPSA) is 46.2 Å². The fourth-order valence-corrected chi connectivity index (χ4v) is 3.19. The summed E-state index contributed by atoms with van der Waals surface area (Å²) in [5.74, 6) is 0.937. The summed E-state index contributed by atoms with van der Waals surface area (Å²) in [6, 6.07) is 20.5. The van der Waals surface area contributed by atoms with E-state index in [0.29, 0.717) is 6.10 Å². The molecule has 26 heavy (non-hydrogen) atoms. The van der Waals surface area contributed by atoms with Crippen molar-refractivity contribution in [1.29, 1.82) is 0 Å². The van der Waals surface area contributed by atoms with Crippen LogP contribution in [0.4, 0.5) is 11.4 Å². The highest BCUT2D eigenvalue weighted by Crippen LogP contribution is 2.26. The van der Waals surface area contributed by atoms with E-state index in [0.717, 1.165) is 54.2 Å². The summed E-state index contributed by atoms with van der Waals surface area (Å²) in [7, 11) is 0. The molecule has 0 bridgehead atoms. The molecule has 2 aromatic carbocycles. The van der Waals surface area contributed by atoms with E-state index < -0.39 is 0 Å². The molecule has 0 spiro atoms. The summed E-state index contributed by atoms with van der Waals surface area (Å²) in [6.07, 6.45) is 6.18. The minimum absolute atomic E-state index is 0.321. The average molecular weight is 345 g/mol. The summed E-state index contributed by atoms with van der Waals surface area (Å²) in [6.45, 7) is 2.07. The van der Waals surface area contributed by atoms with Crippen LogP contribution in [0.5, 0.6) is 5.75 Å². The molecule has 0 radical (unpaired) electrons. The van der Waals surface area contributed by atoms with Gasteiger partial charge in [-0.15, -0.1) is 0 Å². The molecule has 1 aromatic heterocycles. The number of rotatable bonds is 5. The molecule has 1 aliphatic heterocycles. The van der Waals surface area contributed by atoms with Gasteiger partial charge < -0.3 is 15.4 Å². The first-order chi connectivity index (χ1) is 12.9. The Bertz CT molecular complexity index is 828. The van der Waals surface area contributed by atoms with Crippen molar-refractivity contribution in [2.24, 2.45) is 0 Å². The molecule has 1 aliphatic rings. The number of para-hydroxylation sites is 1. The van der Waals surface area contributed by atoms with Gasteiger partial charge in [-0.2, -0.15) is 0 Å². The third-order valence-electron chi connectivity index (χ3n) is 4.58. The second kappa shape index (κ2) is 8.02. The number of nitrogens with zero attached hydrogens (tertiary/aromatic N) is 1. The third-order valence-corrected chi connectivity index (χ3v) is 4.58. The molecule has 132 valence electrons. The number of hydrogen-bond acceptors (Lipinski definition) is 4. The minimum atomic E-state index is 0.321. The highest BCUT2D eigenvalue weighted by Gasteiger charge is 2.14. The molecule has 0 amide bonds. The number of hydrogen-bond donors (Lipinski definition) is 2. The van der Waals surface area contributed by atoms with Crippen LogP contribution in [-0.4, -0.2) is 24.2 Å². The number of nitrogens with one attached hydrogen (secondary N) is 2. The summed E-state index contributed by atoms with van der Waals surface area (Å²) in [5, 5.41) is 6.75. The Labute approximate surface area is 154 Å². The van der Waals surface area contributed by atoms with Crippen molar-refractivity contribution in [2.75, 3.05) is 18.4 Å². The number of pyridine rings is 1. The predicted octanol–water partition coefficient (Wildman–Crippen LogP) is 4.62. The summed E-state index contributed by atoms with van der Waals surface area (Å²) >= 11 is 0. The molecule has 1 fully saturated rings. The van der Waals surface area contributed by atoms with Crippen molar-refractivity contribution in [3.05, 3.63) is 73.1 Å². The minimum Gasteiger partial charge on any atom is -0.490 e. The average Bonchev–Trinajstić information content (AvgIpc) is 2.70. The van der Waals surface area contributed by atoms with E-state index in [-0.39, 0.29) is 0 Å². The fraction of sp³-hybridized carbons (Fsp3) is 0.227. The van der Waals surface area contributed by atoms with E-state index >= 15 is 0 Å². The molecule has 4 nitrogen and oxygen atoms in total. The van der Waals surface area contributed by atoms with Crippen molar-refractivity contribution in [3.8, 4) is 16.9 Å². The highest BCUT2D eigenvalue weighted by molar-refractivity contribution is 5.69. The molecule has 2 N–H and O–H groups in total. The molecule has 4 rings (SSSR count). The van der Waals surface area contributed by atoms with Gasteiger partial charge in [-0.1, -0.05) is 30.3 Å². The Balaban J connectivity index is 1.46. The lowest BCUT2D eigenvalue weighted by atomic mass is 10.1. The Morgan fingerprint density at radius 2 is 1.62 bits per heavy atom. The second-order valence-electron chi connectivity index (χ2n) is 6.54. The lowest BCUT2D eigenvalue weighted by Crippen LogP contribution is -2.34. The van der Waals surface area contributed by atoms with E-state index in [1.165, 1.54) is 0 Å². The number of benzene rings is 2. The third kappa shape index (κ3) is 4.21. The van der Waals surface area contributed by atoms with Crippen LogP contribution in [0.3, 0.4) is 0 Å². The molecule has 3 aromatic rings. The SMILES string of the molecule is c1ccc(Nc2cncc(-c3ccc(OC4CCNCC4)cc3)c2)cc1. The Kier molecular flexibility index (Phi) is 5.12. The van der Waals surface area contributed by atoms with E-state index in [4.69, 9.17) is 4.74 Å². The zero-order valence-electron chi connectivity index (χ0n) is 14.7. The quantitative estimate of drug-likeness (QED) is 0.708. The van der Waals surface area contributed by atoms with Crippen LogP contribution in [-0.2, 0) is 0 Å². The van der Waals surface area contributed by atoms with Gasteiger partial charge in [0.1, 0.15) is 11.9 Å². The number of piperidine rings is 1. The van der Waals surface area contributed by atoms with Gasteiger partial charge >= 0.3 is 0 Å². The van der Waals surface area contributed by atoms with E-state index in [1.54, 1.807) is 0 Å². The van der Waals surface area contributed by atoms with E-state index in [1.807, 2.05) is 42.7 Å². The second-order valence-corrected chi connectivity index (χ2v) is 6.54. The molecule has 2 heterocycles. The predicted molar refractivity (Wildman–Crippen MR) is 106 cm³/mol. The van der Waals surface area contributed by atoms with Gasteiger partial charge in [-0.3, -0.25) is 4.98 Å². The van der Waals surface area contributed by atoms with E-state index in [2.05, 4.69) is 45.9 Å². The highest BCUT2D eigenvalue weighted by atomic mass is 16.5. The lowest BCUT2D eigenvalue weighted by Gasteiger charge is -2.23. The number of aromatic nitrogens is 1.